The summed E-state index contributed by atoms with van der Waals surface area (Å²) in [4.78, 5) is 85.5. The summed E-state index contributed by atoms with van der Waals surface area (Å²) in [7, 11) is 0. The molecule has 1 aromatic heterocycles. The number of amides is 4. The number of hydrogen-bond donors (Lipinski definition) is 2. The van der Waals surface area contributed by atoms with Crippen molar-refractivity contribution in [1.29, 1.82) is 0 Å². The van der Waals surface area contributed by atoms with Crippen molar-refractivity contribution in [2.45, 2.75) is 0 Å². The van der Waals surface area contributed by atoms with E-state index in [0.717, 1.165) is 9.80 Å². The Balaban J connectivity index is 1.11. The second kappa shape index (κ2) is 10.4. The number of fused-ring (bicyclic) bond motifs is 2. The molecule has 12 nitrogen and oxygen atoms in total. The summed E-state index contributed by atoms with van der Waals surface area (Å²) in [5.41, 5.74) is 2.52. The number of aromatic nitrogens is 2. The van der Waals surface area contributed by atoms with Crippen LogP contribution >= 0.6 is 0 Å². The summed E-state index contributed by atoms with van der Waals surface area (Å²) in [5, 5.41) is 18.5. The summed E-state index contributed by atoms with van der Waals surface area (Å²) in [6.45, 7) is 0. The molecule has 2 aliphatic heterocycles. The topological polar surface area (TPSA) is 175 Å². The number of nitrogens with zero attached hydrogens (tertiary/aromatic N) is 4. The third-order valence-corrected chi connectivity index (χ3v) is 7.73. The SMILES string of the molecule is O=C(O)c1ccc2c(c1)C(=O)N(c1ccc(-c3ccnc(-c4ccc(N5C(=O)c6ccc(C(=O)O)cc6C5=O)cc4)n3)cc1)C2=O. The molecule has 5 aromatic rings. The molecule has 4 amide bonds. The van der Waals surface area contributed by atoms with Gasteiger partial charge in [0, 0.05) is 17.3 Å². The lowest BCUT2D eigenvalue weighted by Gasteiger charge is -2.15. The first kappa shape index (κ1) is 28.0. The van der Waals surface area contributed by atoms with Crippen LogP contribution in [-0.2, 0) is 0 Å². The molecule has 0 fully saturated rings. The Morgan fingerprint density at radius 2 is 0.957 bits per heavy atom. The summed E-state index contributed by atoms with van der Waals surface area (Å²) in [6, 6.07) is 22.3. The van der Waals surface area contributed by atoms with Gasteiger partial charge in [0.1, 0.15) is 0 Å². The van der Waals surface area contributed by atoms with Crippen LogP contribution < -0.4 is 9.80 Å². The number of carboxylic acid groups (broad SMARTS) is 2. The van der Waals surface area contributed by atoms with E-state index in [-0.39, 0.29) is 33.4 Å². The predicted molar refractivity (Wildman–Crippen MR) is 162 cm³/mol. The molecule has 0 spiro atoms. The van der Waals surface area contributed by atoms with Crippen LogP contribution in [0.5, 0.6) is 0 Å². The van der Waals surface area contributed by atoms with Crippen LogP contribution in [0.2, 0.25) is 0 Å². The van der Waals surface area contributed by atoms with Crippen LogP contribution in [0.25, 0.3) is 22.6 Å². The van der Waals surface area contributed by atoms with Crippen molar-refractivity contribution in [3.8, 4) is 22.6 Å². The highest BCUT2D eigenvalue weighted by Gasteiger charge is 2.38. The number of aromatic carboxylic acids is 2. The molecule has 0 bridgehead atoms. The molecule has 2 aliphatic rings. The number of carboxylic acids is 2. The lowest BCUT2D eigenvalue weighted by Crippen LogP contribution is -2.29. The van der Waals surface area contributed by atoms with Gasteiger partial charge in [-0.25, -0.2) is 29.4 Å². The monoisotopic (exact) mass is 610 g/mol. The van der Waals surface area contributed by atoms with Crippen LogP contribution in [0.1, 0.15) is 62.1 Å². The largest absolute Gasteiger partial charge is 0.478 e. The Morgan fingerprint density at radius 1 is 0.522 bits per heavy atom. The van der Waals surface area contributed by atoms with Gasteiger partial charge in [-0.2, -0.15) is 0 Å². The molecule has 3 heterocycles. The summed E-state index contributed by atoms with van der Waals surface area (Å²) in [6.07, 6.45) is 1.56. The van der Waals surface area contributed by atoms with E-state index in [9.17, 15) is 39.0 Å². The van der Waals surface area contributed by atoms with Gasteiger partial charge < -0.3 is 10.2 Å². The fourth-order valence-corrected chi connectivity index (χ4v) is 5.42. The molecule has 222 valence electrons. The van der Waals surface area contributed by atoms with Gasteiger partial charge in [0.2, 0.25) is 0 Å². The maximum absolute atomic E-state index is 13.0. The number of carbonyl (C=O) groups excluding carboxylic acids is 4. The van der Waals surface area contributed by atoms with Gasteiger partial charge >= 0.3 is 11.9 Å². The standard InChI is InChI=1S/C34H18N4O8/c39-29-23-11-5-19(33(43)44)15-25(23)31(41)37(29)21-7-1-17(2-8-21)27-13-14-35-28(36-27)18-3-9-22(10-4-18)38-30(40)24-12-6-20(34(45)46)16-26(24)32(38)42/h1-16H,(H,43,44)(H,45,46). The van der Waals surface area contributed by atoms with E-state index in [1.807, 2.05) is 0 Å². The highest BCUT2D eigenvalue weighted by atomic mass is 16.4. The van der Waals surface area contributed by atoms with E-state index in [4.69, 9.17) is 0 Å². The Hall–Kier alpha value is -6.82. The lowest BCUT2D eigenvalue weighted by atomic mass is 10.1. The molecule has 2 N–H and O–H groups in total. The molecular formula is C34H18N4O8. The molecule has 0 aliphatic carbocycles. The van der Waals surface area contributed by atoms with Gasteiger partial charge in [0.05, 0.1) is 50.4 Å². The van der Waals surface area contributed by atoms with Crippen molar-refractivity contribution in [1.82, 2.24) is 9.97 Å². The molecule has 4 aromatic carbocycles. The fourth-order valence-electron chi connectivity index (χ4n) is 5.42. The fraction of sp³-hybridized carbons (Fsp3) is 0. The van der Waals surface area contributed by atoms with Crippen LogP contribution in [-0.4, -0.2) is 55.7 Å². The molecule has 46 heavy (non-hydrogen) atoms. The summed E-state index contributed by atoms with van der Waals surface area (Å²) >= 11 is 0. The van der Waals surface area contributed by atoms with Gasteiger partial charge in [-0.05, 0) is 78.9 Å². The van der Waals surface area contributed by atoms with Crippen molar-refractivity contribution >= 4 is 46.9 Å². The molecule has 0 saturated heterocycles. The average Bonchev–Trinajstić information content (AvgIpc) is 3.48. The number of imide groups is 2. The van der Waals surface area contributed by atoms with Crippen molar-refractivity contribution in [2.75, 3.05) is 9.80 Å². The molecular weight excluding hydrogens is 592 g/mol. The van der Waals surface area contributed by atoms with E-state index in [0.29, 0.717) is 34.0 Å². The molecule has 0 saturated carbocycles. The van der Waals surface area contributed by atoms with Crippen LogP contribution in [0.4, 0.5) is 11.4 Å². The third-order valence-electron chi connectivity index (χ3n) is 7.73. The zero-order valence-electron chi connectivity index (χ0n) is 23.4. The number of rotatable bonds is 6. The quantitative estimate of drug-likeness (QED) is 0.254. The highest BCUT2D eigenvalue weighted by Crippen LogP contribution is 2.33. The van der Waals surface area contributed by atoms with Crippen molar-refractivity contribution in [3.63, 3.8) is 0 Å². The minimum absolute atomic E-state index is 0.0198. The molecule has 0 atom stereocenters. The van der Waals surface area contributed by atoms with E-state index in [1.165, 1.54) is 36.4 Å². The van der Waals surface area contributed by atoms with Crippen LogP contribution in [0, 0.1) is 0 Å². The second-order valence-electron chi connectivity index (χ2n) is 10.4. The van der Waals surface area contributed by atoms with Crippen molar-refractivity contribution in [3.05, 3.63) is 131 Å². The Morgan fingerprint density at radius 3 is 1.41 bits per heavy atom. The van der Waals surface area contributed by atoms with Gasteiger partial charge in [-0.15, -0.1) is 0 Å². The van der Waals surface area contributed by atoms with E-state index in [1.54, 1.807) is 60.8 Å². The number of hydrogen-bond acceptors (Lipinski definition) is 8. The molecule has 12 heteroatoms. The number of benzene rings is 4. The first-order valence-electron chi connectivity index (χ1n) is 13.7. The minimum Gasteiger partial charge on any atom is -0.478 e. The average molecular weight is 611 g/mol. The first-order chi connectivity index (χ1) is 22.1. The minimum atomic E-state index is -1.20. The van der Waals surface area contributed by atoms with E-state index >= 15 is 0 Å². The van der Waals surface area contributed by atoms with Gasteiger partial charge in [0.15, 0.2) is 5.82 Å². The molecule has 0 radical (unpaired) electrons. The Kier molecular flexibility index (Phi) is 6.34. The van der Waals surface area contributed by atoms with Gasteiger partial charge in [0.25, 0.3) is 23.6 Å². The lowest BCUT2D eigenvalue weighted by molar-refractivity contribution is 0.0686. The maximum Gasteiger partial charge on any atom is 0.335 e. The van der Waals surface area contributed by atoms with E-state index in [2.05, 4.69) is 9.97 Å². The summed E-state index contributed by atoms with van der Waals surface area (Å²) in [5.74, 6) is -4.40. The van der Waals surface area contributed by atoms with Gasteiger partial charge in [-0.1, -0.05) is 12.1 Å². The first-order valence-corrected chi connectivity index (χ1v) is 13.7. The number of anilines is 2. The van der Waals surface area contributed by atoms with Gasteiger partial charge in [-0.3, -0.25) is 19.2 Å². The smallest absolute Gasteiger partial charge is 0.335 e. The Bertz CT molecular complexity index is 2040. The predicted octanol–water partition coefficient (Wildman–Crippen LogP) is 4.81. The van der Waals surface area contributed by atoms with Crippen molar-refractivity contribution < 1.29 is 39.0 Å². The van der Waals surface area contributed by atoms with Crippen LogP contribution in [0.15, 0.2) is 97.2 Å². The van der Waals surface area contributed by atoms with Crippen molar-refractivity contribution in [2.24, 2.45) is 0 Å². The molecule has 0 unspecified atom stereocenters. The zero-order chi connectivity index (χ0) is 32.3. The third kappa shape index (κ3) is 4.40. The second-order valence-corrected chi connectivity index (χ2v) is 10.4. The normalized spacial score (nSPS) is 13.7. The van der Waals surface area contributed by atoms with Crippen LogP contribution in [0.3, 0.4) is 0 Å². The van der Waals surface area contributed by atoms with E-state index < -0.39 is 35.6 Å². The Labute approximate surface area is 258 Å². The maximum atomic E-state index is 13.0. The molecule has 7 rings (SSSR count). The zero-order valence-corrected chi connectivity index (χ0v) is 23.4. The summed E-state index contributed by atoms with van der Waals surface area (Å²) < 4.78 is 0. The highest BCUT2D eigenvalue weighted by molar-refractivity contribution is 6.35. The number of carbonyl (C=O) groups is 6.